The fraction of sp³-hybridized carbons (Fsp3) is 0.526. The average molecular weight is 415 g/mol. The van der Waals surface area contributed by atoms with Crippen LogP contribution in [0.25, 0.3) is 0 Å². The first-order chi connectivity index (χ1) is 14.2. The van der Waals surface area contributed by atoms with Crippen molar-refractivity contribution in [2.45, 2.75) is 37.1 Å². The number of fused-ring (bicyclic) bond motifs is 1. The summed E-state index contributed by atoms with van der Waals surface area (Å²) in [5.41, 5.74) is 2.77. The lowest BCUT2D eigenvalue weighted by atomic mass is 10.1. The molecule has 1 fully saturated rings. The maximum absolute atomic E-state index is 12.3. The van der Waals surface area contributed by atoms with Crippen LogP contribution in [-0.2, 0) is 22.4 Å². The lowest BCUT2D eigenvalue weighted by Gasteiger charge is -2.18. The molecule has 0 spiro atoms. The molecular formula is C19H23N6O3S+. The zero-order valence-electron chi connectivity index (χ0n) is 16.1. The first-order valence-corrected chi connectivity index (χ1v) is 10.8. The van der Waals surface area contributed by atoms with Gasteiger partial charge in [-0.2, -0.15) is 5.26 Å². The number of pyridine rings is 1. The van der Waals surface area contributed by atoms with E-state index in [4.69, 9.17) is 14.2 Å². The fourth-order valence-corrected chi connectivity index (χ4v) is 4.25. The van der Waals surface area contributed by atoms with Crippen LogP contribution in [0.3, 0.4) is 0 Å². The molecule has 0 bridgehead atoms. The quantitative estimate of drug-likeness (QED) is 0.441. The second-order valence-electron chi connectivity index (χ2n) is 7.01. The third-order valence-corrected chi connectivity index (χ3v) is 5.96. The molecule has 1 aliphatic carbocycles. The minimum Gasteiger partial charge on any atom is -0.377 e. The molecule has 1 amide bonds. The van der Waals surface area contributed by atoms with Gasteiger partial charge in [-0.15, -0.1) is 5.01 Å². The number of thioether (sulfide) groups is 1. The zero-order chi connectivity index (χ0) is 20.1. The highest BCUT2D eigenvalue weighted by molar-refractivity contribution is 8.00. The number of anilines is 1. The van der Waals surface area contributed by atoms with Crippen molar-refractivity contribution in [1.29, 1.82) is 5.26 Å². The van der Waals surface area contributed by atoms with Crippen molar-refractivity contribution in [3.05, 3.63) is 29.1 Å². The maximum Gasteiger partial charge on any atom is 0.305 e. The molecule has 2 aliphatic rings. The van der Waals surface area contributed by atoms with Gasteiger partial charge in [-0.05, 0) is 37.3 Å². The van der Waals surface area contributed by atoms with E-state index in [2.05, 4.69) is 16.7 Å². The first-order valence-electron chi connectivity index (χ1n) is 9.80. The van der Waals surface area contributed by atoms with Gasteiger partial charge < -0.3 is 4.74 Å². The summed E-state index contributed by atoms with van der Waals surface area (Å²) in [6, 6.07) is 4.16. The fourth-order valence-electron chi connectivity index (χ4n) is 3.47. The number of aromatic nitrogens is 3. The van der Waals surface area contributed by atoms with E-state index in [-0.39, 0.29) is 17.5 Å². The van der Waals surface area contributed by atoms with Crippen molar-refractivity contribution in [3.8, 4) is 6.07 Å². The van der Waals surface area contributed by atoms with Crippen LogP contribution in [-0.4, -0.2) is 48.2 Å². The molecule has 10 heteroatoms. The number of ether oxygens (including phenoxy) is 1. The molecule has 9 nitrogen and oxygen atoms in total. The molecule has 2 aromatic rings. The lowest BCUT2D eigenvalue weighted by molar-refractivity contribution is -0.759. The highest BCUT2D eigenvalue weighted by Crippen LogP contribution is 2.27. The van der Waals surface area contributed by atoms with Crippen molar-refractivity contribution in [2.24, 2.45) is 0 Å². The van der Waals surface area contributed by atoms with Crippen LogP contribution in [0.4, 0.5) is 5.88 Å². The topological polar surface area (TPSA) is 108 Å². The van der Waals surface area contributed by atoms with Gasteiger partial charge in [0.1, 0.15) is 11.1 Å². The van der Waals surface area contributed by atoms with E-state index >= 15 is 0 Å². The van der Waals surface area contributed by atoms with Gasteiger partial charge in [0.15, 0.2) is 0 Å². The number of morpholine rings is 1. The normalized spacial score (nSPS) is 16.6. The van der Waals surface area contributed by atoms with Gasteiger partial charge in [0.05, 0.1) is 42.4 Å². The SMILES string of the molecule is N#Cc1cc2c(nc1SCC(=O)Nc1c[n+](N3CCOCC3)no1)CCCCC2. The number of amides is 1. The van der Waals surface area contributed by atoms with Crippen molar-refractivity contribution < 1.29 is 18.8 Å². The van der Waals surface area contributed by atoms with Crippen molar-refractivity contribution in [3.63, 3.8) is 0 Å². The van der Waals surface area contributed by atoms with Crippen LogP contribution in [0.15, 0.2) is 21.8 Å². The Morgan fingerprint density at radius 1 is 1.31 bits per heavy atom. The van der Waals surface area contributed by atoms with Crippen molar-refractivity contribution in [2.75, 3.05) is 42.4 Å². The molecule has 0 saturated carbocycles. The number of nitriles is 1. The van der Waals surface area contributed by atoms with Gasteiger partial charge in [0, 0.05) is 5.69 Å². The average Bonchev–Trinajstić information content (AvgIpc) is 3.09. The smallest absolute Gasteiger partial charge is 0.305 e. The monoisotopic (exact) mass is 415 g/mol. The van der Waals surface area contributed by atoms with Crippen LogP contribution >= 0.6 is 11.8 Å². The van der Waals surface area contributed by atoms with E-state index in [0.717, 1.165) is 31.4 Å². The molecule has 0 radical (unpaired) electrons. The Bertz CT molecular complexity index is 919. The molecule has 1 N–H and O–H groups in total. The summed E-state index contributed by atoms with van der Waals surface area (Å²) in [5, 5.41) is 18.7. The predicted molar refractivity (Wildman–Crippen MR) is 105 cm³/mol. The molecule has 152 valence electrons. The molecule has 3 heterocycles. The molecule has 1 aliphatic heterocycles. The van der Waals surface area contributed by atoms with Crippen LogP contribution in [0, 0.1) is 11.3 Å². The van der Waals surface area contributed by atoms with E-state index in [1.165, 1.54) is 23.7 Å². The minimum absolute atomic E-state index is 0.138. The summed E-state index contributed by atoms with van der Waals surface area (Å²) >= 11 is 1.27. The lowest BCUT2D eigenvalue weighted by Crippen LogP contribution is -2.62. The Morgan fingerprint density at radius 2 is 2.14 bits per heavy atom. The highest BCUT2D eigenvalue weighted by Gasteiger charge is 2.24. The van der Waals surface area contributed by atoms with Gasteiger partial charge in [0.25, 0.3) is 6.20 Å². The Hall–Kier alpha value is -2.64. The van der Waals surface area contributed by atoms with Gasteiger partial charge in [0.2, 0.25) is 11.2 Å². The number of nitrogens with one attached hydrogen (secondary N) is 1. The number of hydrogen-bond acceptors (Lipinski definition) is 8. The summed E-state index contributed by atoms with van der Waals surface area (Å²) in [5.74, 6) is 0.178. The summed E-state index contributed by atoms with van der Waals surface area (Å²) in [6.07, 6.45) is 6.97. The second kappa shape index (κ2) is 9.24. The van der Waals surface area contributed by atoms with E-state index in [9.17, 15) is 10.1 Å². The number of hydrogen-bond donors (Lipinski definition) is 1. The molecule has 1 saturated heterocycles. The van der Waals surface area contributed by atoms with Crippen LogP contribution in [0.2, 0.25) is 0 Å². The number of rotatable bonds is 5. The summed E-state index contributed by atoms with van der Waals surface area (Å²) in [7, 11) is 0. The molecule has 29 heavy (non-hydrogen) atoms. The van der Waals surface area contributed by atoms with Gasteiger partial charge in [-0.25, -0.2) is 4.98 Å². The van der Waals surface area contributed by atoms with E-state index in [0.29, 0.717) is 36.9 Å². The standard InChI is InChI=1S/C19H22N6O3S/c20-11-15-10-14-4-2-1-3-5-16(14)21-19(15)29-13-17(26)22-18-12-25(23-28-18)24-6-8-27-9-7-24/h10,12H,1-9,13H2/p+1. The maximum atomic E-state index is 12.3. The van der Waals surface area contributed by atoms with Crippen molar-refractivity contribution >= 4 is 23.6 Å². The number of carbonyl (C=O) groups is 1. The van der Waals surface area contributed by atoms with E-state index in [1.807, 2.05) is 11.1 Å². The molecule has 0 aromatic carbocycles. The molecule has 0 atom stereocenters. The van der Waals surface area contributed by atoms with Gasteiger partial charge >= 0.3 is 5.88 Å². The summed E-state index contributed by atoms with van der Waals surface area (Å²) < 4.78 is 10.5. The number of aryl methyl sites for hydroxylation is 2. The van der Waals surface area contributed by atoms with E-state index in [1.54, 1.807) is 11.0 Å². The van der Waals surface area contributed by atoms with Crippen LogP contribution < -0.4 is 15.1 Å². The van der Waals surface area contributed by atoms with Gasteiger partial charge in [-0.1, -0.05) is 18.2 Å². The summed E-state index contributed by atoms with van der Waals surface area (Å²) in [4.78, 5) is 18.6. The second-order valence-corrected chi connectivity index (χ2v) is 7.97. The zero-order valence-corrected chi connectivity index (χ0v) is 16.9. The Morgan fingerprint density at radius 3 is 2.97 bits per heavy atom. The van der Waals surface area contributed by atoms with Crippen LogP contribution in [0.1, 0.15) is 36.1 Å². The molecule has 0 unspecified atom stereocenters. The molecule has 4 rings (SSSR count). The van der Waals surface area contributed by atoms with Crippen LogP contribution in [0.5, 0.6) is 0 Å². The van der Waals surface area contributed by atoms with Gasteiger partial charge in [-0.3, -0.25) is 14.6 Å². The van der Waals surface area contributed by atoms with E-state index < -0.39 is 0 Å². The Balaban J connectivity index is 1.37. The Labute approximate surface area is 173 Å². The highest BCUT2D eigenvalue weighted by atomic mass is 32.2. The summed E-state index contributed by atoms with van der Waals surface area (Å²) in [6.45, 7) is 2.68. The Kier molecular flexibility index (Phi) is 6.27. The number of carbonyl (C=O) groups excluding carboxylic acids is 1. The third kappa shape index (κ3) is 4.86. The molecule has 2 aromatic heterocycles. The first kappa shape index (κ1) is 19.7. The molecular weight excluding hydrogens is 392 g/mol. The third-order valence-electron chi connectivity index (χ3n) is 4.97. The number of nitrogens with zero attached hydrogens (tertiary/aromatic N) is 5. The minimum atomic E-state index is -0.235. The predicted octanol–water partition coefficient (Wildman–Crippen LogP) is 1.20. The largest absolute Gasteiger partial charge is 0.377 e. The van der Waals surface area contributed by atoms with Crippen molar-refractivity contribution in [1.82, 2.24) is 10.3 Å².